The highest BCUT2D eigenvalue weighted by molar-refractivity contribution is 5.75. The number of carbonyl (C=O) groups excluding carboxylic acids is 1. The Labute approximate surface area is 95.3 Å². The SMILES string of the molecule is CCOC(=O)[C@@H](N)COCc1ccccc1. The Balaban J connectivity index is 2.23. The molecular weight excluding hydrogens is 206 g/mol. The number of esters is 1. The fourth-order valence-corrected chi connectivity index (χ4v) is 1.20. The first-order chi connectivity index (χ1) is 7.74. The molecule has 88 valence electrons. The van der Waals surface area contributed by atoms with E-state index in [1.165, 1.54) is 0 Å². The van der Waals surface area contributed by atoms with Gasteiger partial charge >= 0.3 is 5.97 Å². The molecule has 1 aromatic rings. The van der Waals surface area contributed by atoms with Crippen LogP contribution in [0.1, 0.15) is 12.5 Å². The molecule has 0 bridgehead atoms. The van der Waals surface area contributed by atoms with Gasteiger partial charge in [0.05, 0.1) is 19.8 Å². The van der Waals surface area contributed by atoms with Gasteiger partial charge in [0.2, 0.25) is 0 Å². The molecule has 0 aliphatic heterocycles. The highest BCUT2D eigenvalue weighted by Crippen LogP contribution is 2.00. The molecule has 0 radical (unpaired) electrons. The van der Waals surface area contributed by atoms with Crippen molar-refractivity contribution in [3.63, 3.8) is 0 Å². The van der Waals surface area contributed by atoms with Gasteiger partial charge in [-0.3, -0.25) is 4.79 Å². The highest BCUT2D eigenvalue weighted by Gasteiger charge is 2.14. The van der Waals surface area contributed by atoms with Gasteiger partial charge in [0.1, 0.15) is 6.04 Å². The average Bonchev–Trinajstić information content (AvgIpc) is 2.30. The summed E-state index contributed by atoms with van der Waals surface area (Å²) in [4.78, 5) is 11.2. The van der Waals surface area contributed by atoms with Gasteiger partial charge in [0.25, 0.3) is 0 Å². The largest absolute Gasteiger partial charge is 0.465 e. The van der Waals surface area contributed by atoms with Crippen molar-refractivity contribution in [2.24, 2.45) is 5.73 Å². The normalized spacial score (nSPS) is 12.1. The molecule has 0 amide bonds. The maximum absolute atomic E-state index is 11.2. The third kappa shape index (κ3) is 4.42. The average molecular weight is 223 g/mol. The maximum Gasteiger partial charge on any atom is 0.325 e. The predicted molar refractivity (Wildman–Crippen MR) is 60.7 cm³/mol. The molecule has 2 N–H and O–H groups in total. The van der Waals surface area contributed by atoms with Gasteiger partial charge in [-0.25, -0.2) is 0 Å². The van der Waals surface area contributed by atoms with E-state index < -0.39 is 12.0 Å². The Hall–Kier alpha value is -1.39. The van der Waals surface area contributed by atoms with Crippen LogP contribution in [0.2, 0.25) is 0 Å². The molecule has 0 saturated carbocycles. The summed E-state index contributed by atoms with van der Waals surface area (Å²) in [5.41, 5.74) is 6.62. The molecule has 1 aromatic carbocycles. The van der Waals surface area contributed by atoms with Crippen LogP contribution < -0.4 is 5.73 Å². The number of nitrogens with two attached hydrogens (primary N) is 1. The molecule has 0 aromatic heterocycles. The highest BCUT2D eigenvalue weighted by atomic mass is 16.5. The molecule has 4 nitrogen and oxygen atoms in total. The Morgan fingerprint density at radius 2 is 2.06 bits per heavy atom. The smallest absolute Gasteiger partial charge is 0.325 e. The van der Waals surface area contributed by atoms with Crippen molar-refractivity contribution in [2.45, 2.75) is 19.6 Å². The summed E-state index contributed by atoms with van der Waals surface area (Å²) >= 11 is 0. The minimum absolute atomic E-state index is 0.174. The molecular formula is C12H17NO3. The zero-order chi connectivity index (χ0) is 11.8. The summed E-state index contributed by atoms with van der Waals surface area (Å²) < 4.78 is 10.1. The lowest BCUT2D eigenvalue weighted by atomic mass is 10.2. The maximum atomic E-state index is 11.2. The van der Waals surface area contributed by atoms with Crippen molar-refractivity contribution in [3.05, 3.63) is 35.9 Å². The number of ether oxygens (including phenoxy) is 2. The second-order valence-electron chi connectivity index (χ2n) is 3.36. The van der Waals surface area contributed by atoms with Crippen LogP contribution in [0.15, 0.2) is 30.3 Å². The first kappa shape index (κ1) is 12.7. The zero-order valence-electron chi connectivity index (χ0n) is 9.39. The molecule has 0 aliphatic carbocycles. The van der Waals surface area contributed by atoms with Crippen LogP contribution in [0.4, 0.5) is 0 Å². The zero-order valence-corrected chi connectivity index (χ0v) is 9.39. The molecule has 0 heterocycles. The van der Waals surface area contributed by atoms with Crippen LogP contribution in [0, 0.1) is 0 Å². The number of hydrogen-bond donors (Lipinski definition) is 1. The number of rotatable bonds is 6. The van der Waals surface area contributed by atoms with Gasteiger partial charge in [0.15, 0.2) is 0 Å². The van der Waals surface area contributed by atoms with Gasteiger partial charge in [-0.05, 0) is 12.5 Å². The fraction of sp³-hybridized carbons (Fsp3) is 0.417. The van der Waals surface area contributed by atoms with E-state index in [2.05, 4.69) is 0 Å². The summed E-state index contributed by atoms with van der Waals surface area (Å²) in [7, 11) is 0. The lowest BCUT2D eigenvalue weighted by Gasteiger charge is -2.10. The lowest BCUT2D eigenvalue weighted by Crippen LogP contribution is -2.36. The number of carbonyl (C=O) groups is 1. The predicted octanol–water partition coefficient (Wildman–Crippen LogP) is 1.09. The first-order valence-corrected chi connectivity index (χ1v) is 5.28. The summed E-state index contributed by atoms with van der Waals surface area (Å²) in [6.07, 6.45) is 0. The van der Waals surface area contributed by atoms with E-state index in [0.29, 0.717) is 13.2 Å². The minimum Gasteiger partial charge on any atom is -0.465 e. The van der Waals surface area contributed by atoms with Crippen molar-refractivity contribution in [2.75, 3.05) is 13.2 Å². The van der Waals surface area contributed by atoms with Crippen LogP contribution in [0.3, 0.4) is 0 Å². The molecule has 4 heteroatoms. The summed E-state index contributed by atoms with van der Waals surface area (Å²) in [6, 6.07) is 9.01. The van der Waals surface area contributed by atoms with E-state index in [1.54, 1.807) is 6.92 Å². The summed E-state index contributed by atoms with van der Waals surface area (Å²) in [5, 5.41) is 0. The third-order valence-corrected chi connectivity index (χ3v) is 2.00. The first-order valence-electron chi connectivity index (χ1n) is 5.28. The summed E-state index contributed by atoms with van der Waals surface area (Å²) in [6.45, 7) is 2.71. The van der Waals surface area contributed by atoms with E-state index in [1.807, 2.05) is 30.3 Å². The molecule has 0 unspecified atom stereocenters. The van der Waals surface area contributed by atoms with Crippen molar-refractivity contribution < 1.29 is 14.3 Å². The summed E-state index contributed by atoms with van der Waals surface area (Å²) in [5.74, 6) is -0.421. The Morgan fingerprint density at radius 1 is 1.38 bits per heavy atom. The molecule has 16 heavy (non-hydrogen) atoms. The Morgan fingerprint density at radius 3 is 2.69 bits per heavy atom. The van der Waals surface area contributed by atoms with Gasteiger partial charge in [-0.1, -0.05) is 30.3 Å². The second-order valence-corrected chi connectivity index (χ2v) is 3.36. The van der Waals surface area contributed by atoms with Crippen molar-refractivity contribution in [3.8, 4) is 0 Å². The van der Waals surface area contributed by atoms with E-state index in [9.17, 15) is 4.79 Å². The van der Waals surface area contributed by atoms with Crippen LogP contribution in [0.5, 0.6) is 0 Å². The number of benzene rings is 1. The molecule has 0 saturated heterocycles. The number of hydrogen-bond acceptors (Lipinski definition) is 4. The van der Waals surface area contributed by atoms with Crippen molar-refractivity contribution in [1.82, 2.24) is 0 Å². The van der Waals surface area contributed by atoms with Crippen LogP contribution in [-0.4, -0.2) is 25.2 Å². The van der Waals surface area contributed by atoms with Gasteiger partial charge in [-0.2, -0.15) is 0 Å². The van der Waals surface area contributed by atoms with Crippen LogP contribution in [0.25, 0.3) is 0 Å². The lowest BCUT2D eigenvalue weighted by molar-refractivity contribution is -0.146. The molecule has 1 atom stereocenters. The van der Waals surface area contributed by atoms with Gasteiger partial charge in [0, 0.05) is 0 Å². The monoisotopic (exact) mass is 223 g/mol. The molecule has 1 rings (SSSR count). The standard InChI is InChI=1S/C12H17NO3/c1-2-16-12(14)11(13)9-15-8-10-6-4-3-5-7-10/h3-7,11H,2,8-9,13H2,1H3/t11-/m0/s1. The van der Waals surface area contributed by atoms with Crippen LogP contribution in [-0.2, 0) is 20.9 Å². The minimum atomic E-state index is -0.705. The third-order valence-electron chi connectivity index (χ3n) is 2.00. The topological polar surface area (TPSA) is 61.5 Å². The molecule has 0 fully saturated rings. The van der Waals surface area contributed by atoms with Crippen molar-refractivity contribution >= 4 is 5.97 Å². The van der Waals surface area contributed by atoms with E-state index >= 15 is 0 Å². The van der Waals surface area contributed by atoms with E-state index in [-0.39, 0.29) is 6.61 Å². The Kier molecular flexibility index (Phi) is 5.53. The van der Waals surface area contributed by atoms with E-state index in [0.717, 1.165) is 5.56 Å². The molecule has 0 aliphatic rings. The van der Waals surface area contributed by atoms with Gasteiger partial charge < -0.3 is 15.2 Å². The van der Waals surface area contributed by atoms with Crippen LogP contribution >= 0.6 is 0 Å². The Bertz CT molecular complexity index is 313. The quantitative estimate of drug-likeness (QED) is 0.733. The van der Waals surface area contributed by atoms with Gasteiger partial charge in [-0.15, -0.1) is 0 Å². The molecule has 0 spiro atoms. The second kappa shape index (κ2) is 6.98. The fourth-order valence-electron chi connectivity index (χ4n) is 1.20. The van der Waals surface area contributed by atoms with Crippen molar-refractivity contribution in [1.29, 1.82) is 0 Å². The van der Waals surface area contributed by atoms with E-state index in [4.69, 9.17) is 15.2 Å².